The van der Waals surface area contributed by atoms with Crippen molar-refractivity contribution in [2.45, 2.75) is 18.4 Å². The highest BCUT2D eigenvalue weighted by atomic mass is 32.2. The Morgan fingerprint density at radius 3 is 2.76 bits per heavy atom. The lowest BCUT2D eigenvalue weighted by molar-refractivity contribution is 0.427. The summed E-state index contributed by atoms with van der Waals surface area (Å²) in [6.45, 7) is 2.36. The van der Waals surface area contributed by atoms with Crippen LogP contribution in [-0.4, -0.2) is 23.2 Å². The number of sulfonamides is 1. The van der Waals surface area contributed by atoms with Crippen molar-refractivity contribution in [3.8, 4) is 11.9 Å². The van der Waals surface area contributed by atoms with Crippen LogP contribution in [0.2, 0.25) is 0 Å². The van der Waals surface area contributed by atoms with Crippen LogP contribution < -0.4 is 10.5 Å². The summed E-state index contributed by atoms with van der Waals surface area (Å²) in [4.78, 5) is -0.0741. The Hall–Kier alpha value is -3.33. The van der Waals surface area contributed by atoms with Crippen molar-refractivity contribution in [3.63, 3.8) is 0 Å². The fourth-order valence-corrected chi connectivity index (χ4v) is 3.52. The summed E-state index contributed by atoms with van der Waals surface area (Å²) >= 11 is 5.13. The van der Waals surface area contributed by atoms with Gasteiger partial charge in [-0.1, -0.05) is 6.07 Å². The van der Waals surface area contributed by atoms with Crippen LogP contribution in [0.25, 0.3) is 10.9 Å². The quantitative estimate of drug-likeness (QED) is 0.429. The molecule has 4 N–H and O–H groups in total. The molecule has 1 aromatic heterocycles. The van der Waals surface area contributed by atoms with Gasteiger partial charge in [-0.15, -0.1) is 10.2 Å². The normalized spacial score (nSPS) is 11.6. The molecular weight excluding hydrogens is 412 g/mol. The first kappa shape index (κ1) is 20.4. The average molecular weight is 428 g/mol. The number of nitrogens with one attached hydrogen (secondary N) is 1. The molecule has 0 amide bonds. The molecular formula is C18H16N6O3S2. The number of nitrogens with zero attached hydrogens (tertiary/aromatic N) is 4. The lowest BCUT2D eigenvalue weighted by atomic mass is 10.1. The van der Waals surface area contributed by atoms with Gasteiger partial charge in [0.1, 0.15) is 0 Å². The molecule has 0 unspecified atom stereocenters. The second kappa shape index (κ2) is 7.96. The van der Waals surface area contributed by atoms with E-state index in [4.69, 9.17) is 22.6 Å². The van der Waals surface area contributed by atoms with Gasteiger partial charge in [0.25, 0.3) is 0 Å². The number of fused-ring (bicyclic) bond motifs is 1. The van der Waals surface area contributed by atoms with E-state index in [9.17, 15) is 13.5 Å². The summed E-state index contributed by atoms with van der Waals surface area (Å²) in [7, 11) is -3.85. The minimum Gasteiger partial charge on any atom is -0.493 e. The van der Waals surface area contributed by atoms with E-state index in [0.717, 1.165) is 0 Å². The Morgan fingerprint density at radius 2 is 2.10 bits per heavy atom. The number of aromatic hydroxyl groups is 1. The Bertz CT molecular complexity index is 1290. The van der Waals surface area contributed by atoms with E-state index >= 15 is 0 Å². The van der Waals surface area contributed by atoms with Crippen LogP contribution in [0.5, 0.6) is 5.88 Å². The second-order valence-electron chi connectivity index (χ2n) is 5.96. The minimum atomic E-state index is -3.85. The fourth-order valence-electron chi connectivity index (χ4n) is 2.81. The molecule has 0 saturated heterocycles. The van der Waals surface area contributed by atoms with E-state index in [1.54, 1.807) is 28.8 Å². The number of anilines is 1. The number of primary sulfonamides is 1. The molecule has 11 heteroatoms. The summed E-state index contributed by atoms with van der Waals surface area (Å²) < 4.78 is 24.5. The SMILES string of the molecule is CCn1c(O)c(N=NC(=S)Nc2cccc(S(N)(=O)=O)c2)c2cc(C#N)ccc21. The number of rotatable bonds is 4. The maximum atomic E-state index is 11.4. The van der Waals surface area contributed by atoms with E-state index in [1.807, 2.05) is 13.0 Å². The highest BCUT2D eigenvalue weighted by Crippen LogP contribution is 2.39. The number of nitriles is 1. The molecule has 0 atom stereocenters. The molecule has 2 aromatic carbocycles. The Morgan fingerprint density at radius 1 is 1.34 bits per heavy atom. The first-order chi connectivity index (χ1) is 13.7. The standard InChI is InChI=1S/C18H16N6O3S2/c1-2-24-15-7-6-11(10-19)8-14(15)16(17(24)25)22-23-18(28)21-12-4-3-5-13(9-12)29(20,26)27/h3-9,25H,2H2,1H3,(H,21,28)(H2,20,26,27). The van der Waals surface area contributed by atoms with E-state index < -0.39 is 10.0 Å². The van der Waals surface area contributed by atoms with Crippen molar-refractivity contribution in [2.75, 3.05) is 5.32 Å². The third-order valence-corrected chi connectivity index (χ3v) is 5.20. The number of benzene rings is 2. The van der Waals surface area contributed by atoms with Gasteiger partial charge in [-0.3, -0.25) is 0 Å². The van der Waals surface area contributed by atoms with Gasteiger partial charge in [0.05, 0.1) is 22.0 Å². The van der Waals surface area contributed by atoms with Gasteiger partial charge in [-0.25, -0.2) is 13.6 Å². The second-order valence-corrected chi connectivity index (χ2v) is 7.91. The molecule has 9 nitrogen and oxygen atoms in total. The lowest BCUT2D eigenvalue weighted by Gasteiger charge is -2.05. The molecule has 1 heterocycles. The predicted molar refractivity (Wildman–Crippen MR) is 113 cm³/mol. The Kier molecular flexibility index (Phi) is 5.60. The van der Waals surface area contributed by atoms with Crippen molar-refractivity contribution in [2.24, 2.45) is 15.4 Å². The summed E-state index contributed by atoms with van der Waals surface area (Å²) in [5.41, 5.74) is 1.68. The van der Waals surface area contributed by atoms with E-state index in [-0.39, 0.29) is 21.6 Å². The molecule has 0 aliphatic heterocycles. The zero-order valence-electron chi connectivity index (χ0n) is 15.2. The molecule has 0 saturated carbocycles. The number of azo groups is 1. The zero-order chi connectivity index (χ0) is 21.2. The number of aryl methyl sites for hydroxylation is 1. The monoisotopic (exact) mass is 428 g/mol. The Labute approximate surface area is 172 Å². The largest absolute Gasteiger partial charge is 0.493 e. The number of hydrogen-bond acceptors (Lipinski definition) is 6. The van der Waals surface area contributed by atoms with Crippen molar-refractivity contribution in [1.82, 2.24) is 4.57 Å². The smallest absolute Gasteiger partial charge is 0.238 e. The van der Waals surface area contributed by atoms with Crippen LogP contribution in [-0.2, 0) is 16.6 Å². The molecule has 148 valence electrons. The van der Waals surface area contributed by atoms with Gasteiger partial charge in [-0.05, 0) is 55.5 Å². The predicted octanol–water partition coefficient (Wildman–Crippen LogP) is 3.37. The van der Waals surface area contributed by atoms with Crippen molar-refractivity contribution >= 4 is 49.6 Å². The van der Waals surface area contributed by atoms with Crippen molar-refractivity contribution < 1.29 is 13.5 Å². The number of thiocarbonyl (C=S) groups is 1. The molecule has 0 spiro atoms. The number of aromatic nitrogens is 1. The molecule has 0 aliphatic rings. The average Bonchev–Trinajstić information content (AvgIpc) is 2.95. The van der Waals surface area contributed by atoms with Gasteiger partial charge in [0, 0.05) is 17.6 Å². The molecule has 0 aliphatic carbocycles. The molecule has 3 rings (SSSR count). The zero-order valence-corrected chi connectivity index (χ0v) is 16.8. The summed E-state index contributed by atoms with van der Waals surface area (Å²) in [6, 6.07) is 12.8. The molecule has 0 fully saturated rings. The maximum absolute atomic E-state index is 11.4. The first-order valence-corrected chi connectivity index (χ1v) is 10.3. The summed E-state index contributed by atoms with van der Waals surface area (Å²) in [6.07, 6.45) is 0. The lowest BCUT2D eigenvalue weighted by Crippen LogP contribution is -2.13. The van der Waals surface area contributed by atoms with Crippen LogP contribution in [0.1, 0.15) is 12.5 Å². The molecule has 0 radical (unpaired) electrons. The maximum Gasteiger partial charge on any atom is 0.238 e. The molecule has 29 heavy (non-hydrogen) atoms. The molecule has 0 bridgehead atoms. The van der Waals surface area contributed by atoms with Crippen molar-refractivity contribution in [3.05, 3.63) is 48.0 Å². The minimum absolute atomic E-state index is 0.0511. The number of nitrogens with two attached hydrogens (primary N) is 1. The third kappa shape index (κ3) is 4.24. The Balaban J connectivity index is 1.92. The van der Waals surface area contributed by atoms with Gasteiger partial charge < -0.3 is 15.0 Å². The van der Waals surface area contributed by atoms with E-state index in [1.165, 1.54) is 18.2 Å². The van der Waals surface area contributed by atoms with Gasteiger partial charge >= 0.3 is 0 Å². The molecule has 3 aromatic rings. The van der Waals surface area contributed by atoms with Crippen LogP contribution in [0.3, 0.4) is 0 Å². The van der Waals surface area contributed by atoms with Crippen LogP contribution in [0.15, 0.2) is 57.6 Å². The summed E-state index contributed by atoms with van der Waals surface area (Å²) in [5.74, 6) is -0.0969. The highest BCUT2D eigenvalue weighted by molar-refractivity contribution is 7.89. The van der Waals surface area contributed by atoms with E-state index in [2.05, 4.69) is 15.5 Å². The van der Waals surface area contributed by atoms with Gasteiger partial charge in [-0.2, -0.15) is 5.26 Å². The summed E-state index contributed by atoms with van der Waals surface area (Å²) in [5, 5.41) is 35.9. The van der Waals surface area contributed by atoms with E-state index in [0.29, 0.717) is 28.7 Å². The van der Waals surface area contributed by atoms with Gasteiger partial charge in [0.15, 0.2) is 5.69 Å². The van der Waals surface area contributed by atoms with Crippen LogP contribution in [0.4, 0.5) is 11.4 Å². The van der Waals surface area contributed by atoms with Crippen LogP contribution in [0, 0.1) is 11.3 Å². The number of hydrogen-bond donors (Lipinski definition) is 3. The highest BCUT2D eigenvalue weighted by Gasteiger charge is 2.16. The topological polar surface area (TPSA) is 146 Å². The first-order valence-electron chi connectivity index (χ1n) is 8.35. The van der Waals surface area contributed by atoms with Crippen LogP contribution >= 0.6 is 12.2 Å². The third-order valence-electron chi connectivity index (χ3n) is 4.11. The van der Waals surface area contributed by atoms with Gasteiger partial charge in [0.2, 0.25) is 21.0 Å². The van der Waals surface area contributed by atoms with Crippen molar-refractivity contribution in [1.29, 1.82) is 5.26 Å². The fraction of sp³-hybridized carbons (Fsp3) is 0.111.